The summed E-state index contributed by atoms with van der Waals surface area (Å²) in [4.78, 5) is 6.55. The van der Waals surface area contributed by atoms with Gasteiger partial charge in [0.1, 0.15) is 5.82 Å². The van der Waals surface area contributed by atoms with Crippen LogP contribution >= 0.6 is 11.8 Å². The number of nitrogens with zero attached hydrogens (tertiary/aromatic N) is 5. The van der Waals surface area contributed by atoms with E-state index in [0.29, 0.717) is 30.6 Å². The van der Waals surface area contributed by atoms with E-state index < -0.39 is 0 Å². The number of aromatic nitrogens is 4. The largest absolute Gasteiger partial charge is 0.440 e. The Kier molecular flexibility index (Phi) is 5.68. The molecule has 0 aliphatic carbocycles. The van der Waals surface area contributed by atoms with E-state index in [2.05, 4.69) is 24.6 Å². The minimum atomic E-state index is -0.282. The second-order valence-electron chi connectivity index (χ2n) is 6.97. The van der Waals surface area contributed by atoms with Crippen molar-refractivity contribution < 1.29 is 13.5 Å². The molecule has 31 heavy (non-hydrogen) atoms. The molecule has 0 N–H and O–H groups in total. The predicted molar refractivity (Wildman–Crippen MR) is 116 cm³/mol. The van der Waals surface area contributed by atoms with Gasteiger partial charge in [0.2, 0.25) is 11.8 Å². The minimum absolute atomic E-state index is 0.282. The van der Waals surface area contributed by atoms with Crippen molar-refractivity contribution in [2.45, 2.75) is 10.9 Å². The van der Waals surface area contributed by atoms with Crippen LogP contribution in [0.3, 0.4) is 0 Å². The van der Waals surface area contributed by atoms with Crippen LogP contribution in [-0.4, -0.2) is 46.1 Å². The molecule has 5 rings (SSSR count). The van der Waals surface area contributed by atoms with Gasteiger partial charge in [-0.1, -0.05) is 30.0 Å². The first-order valence-corrected chi connectivity index (χ1v) is 10.9. The predicted octanol–water partition coefficient (Wildman–Crippen LogP) is 4.19. The standard InChI is InChI=1S/C22H20FN5O2S/c23-17-8-6-16(7-9-17)19-14-24-20(30-19)15-31-22-26-25-21(27-10-12-29-13-11-27)28(22)18-4-2-1-3-5-18/h1-9,14H,10-13,15H2. The summed E-state index contributed by atoms with van der Waals surface area (Å²) in [5.74, 6) is 2.19. The molecule has 1 saturated heterocycles. The molecule has 0 saturated carbocycles. The normalized spacial score (nSPS) is 14.2. The molecule has 1 aliphatic rings. The summed E-state index contributed by atoms with van der Waals surface area (Å²) in [6.45, 7) is 2.89. The number of morpholine rings is 1. The van der Waals surface area contributed by atoms with Crippen LogP contribution in [0.15, 0.2) is 70.4 Å². The third-order valence-corrected chi connectivity index (χ3v) is 5.85. The highest BCUT2D eigenvalue weighted by Gasteiger charge is 2.22. The van der Waals surface area contributed by atoms with Crippen molar-refractivity contribution in [1.29, 1.82) is 0 Å². The molecule has 0 atom stereocenters. The molecule has 0 bridgehead atoms. The van der Waals surface area contributed by atoms with Crippen LogP contribution in [-0.2, 0) is 10.5 Å². The fraction of sp³-hybridized carbons (Fsp3) is 0.227. The van der Waals surface area contributed by atoms with Crippen molar-refractivity contribution in [3.63, 3.8) is 0 Å². The molecule has 158 valence electrons. The second-order valence-corrected chi connectivity index (χ2v) is 7.91. The van der Waals surface area contributed by atoms with E-state index in [1.807, 2.05) is 30.3 Å². The summed E-state index contributed by atoms with van der Waals surface area (Å²) in [7, 11) is 0. The molecule has 0 amide bonds. The number of benzene rings is 2. The second kappa shape index (κ2) is 8.91. The number of para-hydroxylation sites is 1. The molecular weight excluding hydrogens is 417 g/mol. The van der Waals surface area contributed by atoms with Gasteiger partial charge in [0.25, 0.3) is 0 Å². The zero-order valence-corrected chi connectivity index (χ0v) is 17.5. The Hall–Kier alpha value is -3.17. The van der Waals surface area contributed by atoms with Crippen LogP contribution in [0.25, 0.3) is 17.0 Å². The first-order valence-electron chi connectivity index (χ1n) is 9.95. The summed E-state index contributed by atoms with van der Waals surface area (Å²) in [6.07, 6.45) is 1.66. The van der Waals surface area contributed by atoms with E-state index in [0.717, 1.165) is 35.4 Å². The highest BCUT2D eigenvalue weighted by Crippen LogP contribution is 2.30. The molecule has 1 aliphatic heterocycles. The highest BCUT2D eigenvalue weighted by molar-refractivity contribution is 7.98. The minimum Gasteiger partial charge on any atom is -0.440 e. The van der Waals surface area contributed by atoms with Crippen molar-refractivity contribution >= 4 is 17.7 Å². The van der Waals surface area contributed by atoms with Gasteiger partial charge >= 0.3 is 0 Å². The summed E-state index contributed by atoms with van der Waals surface area (Å²) in [5, 5.41) is 9.66. The number of hydrogen-bond acceptors (Lipinski definition) is 7. The van der Waals surface area contributed by atoms with Crippen LogP contribution in [0.5, 0.6) is 0 Å². The Morgan fingerprint density at radius 3 is 2.52 bits per heavy atom. The molecule has 4 aromatic rings. The van der Waals surface area contributed by atoms with E-state index in [1.165, 1.54) is 23.9 Å². The molecule has 7 nitrogen and oxygen atoms in total. The Bertz CT molecular complexity index is 1140. The summed E-state index contributed by atoms with van der Waals surface area (Å²) in [6, 6.07) is 16.2. The zero-order valence-electron chi connectivity index (χ0n) is 16.6. The van der Waals surface area contributed by atoms with Gasteiger partial charge in [-0.3, -0.25) is 4.57 Å². The number of rotatable bonds is 6. The quantitative estimate of drug-likeness (QED) is 0.419. The van der Waals surface area contributed by atoms with Crippen molar-refractivity contribution in [1.82, 2.24) is 19.7 Å². The number of anilines is 1. The zero-order chi connectivity index (χ0) is 21.0. The van der Waals surface area contributed by atoms with E-state index in [-0.39, 0.29) is 5.82 Å². The maximum absolute atomic E-state index is 13.2. The van der Waals surface area contributed by atoms with Gasteiger partial charge < -0.3 is 14.1 Å². The molecule has 9 heteroatoms. The van der Waals surface area contributed by atoms with Crippen molar-refractivity contribution in [2.24, 2.45) is 0 Å². The van der Waals surface area contributed by atoms with Gasteiger partial charge in [-0.05, 0) is 36.4 Å². The Balaban J connectivity index is 1.38. The molecule has 0 unspecified atom stereocenters. The van der Waals surface area contributed by atoms with E-state index >= 15 is 0 Å². The molecule has 0 radical (unpaired) electrons. The highest BCUT2D eigenvalue weighted by atomic mass is 32.2. The summed E-state index contributed by atoms with van der Waals surface area (Å²) >= 11 is 1.51. The van der Waals surface area contributed by atoms with Gasteiger partial charge in [0.15, 0.2) is 10.9 Å². The molecular formula is C22H20FN5O2S. The lowest BCUT2D eigenvalue weighted by atomic mass is 10.2. The summed E-state index contributed by atoms with van der Waals surface area (Å²) < 4.78 is 26.6. The lowest BCUT2D eigenvalue weighted by molar-refractivity contribution is 0.122. The fourth-order valence-electron chi connectivity index (χ4n) is 3.38. The van der Waals surface area contributed by atoms with Gasteiger partial charge in [-0.2, -0.15) is 0 Å². The Morgan fingerprint density at radius 1 is 0.968 bits per heavy atom. The van der Waals surface area contributed by atoms with Crippen LogP contribution in [0.2, 0.25) is 0 Å². The molecule has 2 aromatic heterocycles. The van der Waals surface area contributed by atoms with Gasteiger partial charge in [0, 0.05) is 18.7 Å². The first-order chi connectivity index (χ1) is 15.3. The maximum atomic E-state index is 13.2. The smallest absolute Gasteiger partial charge is 0.232 e. The number of ether oxygens (including phenoxy) is 1. The lowest BCUT2D eigenvalue weighted by Gasteiger charge is -2.27. The average Bonchev–Trinajstić information content (AvgIpc) is 3.47. The van der Waals surface area contributed by atoms with Crippen LogP contribution in [0.4, 0.5) is 10.3 Å². The third-order valence-electron chi connectivity index (χ3n) is 4.93. The number of oxazole rings is 1. The number of hydrogen-bond donors (Lipinski definition) is 0. The maximum Gasteiger partial charge on any atom is 0.232 e. The van der Waals surface area contributed by atoms with E-state index in [9.17, 15) is 4.39 Å². The van der Waals surface area contributed by atoms with E-state index in [1.54, 1.807) is 18.3 Å². The molecule has 3 heterocycles. The topological polar surface area (TPSA) is 69.2 Å². The van der Waals surface area contributed by atoms with Gasteiger partial charge in [0.05, 0.1) is 30.9 Å². The third kappa shape index (κ3) is 4.33. The van der Waals surface area contributed by atoms with Gasteiger partial charge in [-0.25, -0.2) is 9.37 Å². The number of halogens is 1. The SMILES string of the molecule is Fc1ccc(-c2cnc(CSc3nnc(N4CCOCC4)n3-c3ccccc3)o2)cc1. The first kappa shape index (κ1) is 19.8. The van der Waals surface area contributed by atoms with E-state index in [4.69, 9.17) is 9.15 Å². The Labute approximate surface area is 182 Å². The average molecular weight is 438 g/mol. The molecule has 0 spiro atoms. The lowest BCUT2D eigenvalue weighted by Crippen LogP contribution is -2.37. The molecule has 1 fully saturated rings. The van der Waals surface area contributed by atoms with Crippen molar-refractivity contribution in [2.75, 3.05) is 31.2 Å². The fourth-order valence-corrected chi connectivity index (χ4v) is 4.18. The van der Waals surface area contributed by atoms with Gasteiger partial charge in [-0.15, -0.1) is 10.2 Å². The molecule has 2 aromatic carbocycles. The van der Waals surface area contributed by atoms with Crippen LogP contribution in [0, 0.1) is 5.82 Å². The number of thioether (sulfide) groups is 1. The van der Waals surface area contributed by atoms with Crippen molar-refractivity contribution in [3.8, 4) is 17.0 Å². The Morgan fingerprint density at radius 2 is 1.74 bits per heavy atom. The van der Waals surface area contributed by atoms with Crippen LogP contribution in [0.1, 0.15) is 5.89 Å². The monoisotopic (exact) mass is 437 g/mol. The summed E-state index contributed by atoms with van der Waals surface area (Å²) in [5.41, 5.74) is 1.78. The van der Waals surface area contributed by atoms with Crippen molar-refractivity contribution in [3.05, 3.63) is 72.5 Å². The van der Waals surface area contributed by atoms with Crippen LogP contribution < -0.4 is 4.90 Å².